The van der Waals surface area contributed by atoms with Crippen LogP contribution in [0, 0.1) is 0 Å². The van der Waals surface area contributed by atoms with E-state index in [1.807, 2.05) is 20.8 Å². The molecule has 2 N–H and O–H groups in total. The van der Waals surface area contributed by atoms with Gasteiger partial charge >= 0.3 is 6.09 Å². The number of carbonyl (C=O) groups excluding carboxylic acids is 2. The van der Waals surface area contributed by atoms with Gasteiger partial charge in [0, 0.05) is 36.5 Å². The molecule has 0 saturated carbocycles. The van der Waals surface area contributed by atoms with Crippen LogP contribution < -0.4 is 20.1 Å². The molecular weight excluding hydrogens is 374 g/mol. The van der Waals surface area contributed by atoms with Crippen molar-refractivity contribution in [3.05, 3.63) is 18.2 Å². The van der Waals surface area contributed by atoms with Crippen LogP contribution >= 0.6 is 0 Å². The lowest BCUT2D eigenvalue weighted by Gasteiger charge is -2.35. The first-order chi connectivity index (χ1) is 13.7. The van der Waals surface area contributed by atoms with Crippen molar-refractivity contribution in [2.75, 3.05) is 39.2 Å². The monoisotopic (exact) mass is 407 g/mol. The summed E-state index contributed by atoms with van der Waals surface area (Å²) in [6.45, 7) is 7.01. The van der Waals surface area contributed by atoms with Crippen molar-refractivity contribution < 1.29 is 23.8 Å². The summed E-state index contributed by atoms with van der Waals surface area (Å²) in [7, 11) is 3.13. The molecule has 29 heavy (non-hydrogen) atoms. The lowest BCUT2D eigenvalue weighted by molar-refractivity contribution is -0.118. The Morgan fingerprint density at radius 1 is 1.10 bits per heavy atom. The van der Waals surface area contributed by atoms with E-state index in [-0.39, 0.29) is 18.5 Å². The van der Waals surface area contributed by atoms with Crippen molar-refractivity contribution in [3.63, 3.8) is 0 Å². The molecule has 1 unspecified atom stereocenters. The third kappa shape index (κ3) is 7.81. The van der Waals surface area contributed by atoms with Gasteiger partial charge in [-0.05, 0) is 40.2 Å². The smallest absolute Gasteiger partial charge is 0.407 e. The van der Waals surface area contributed by atoms with E-state index in [1.54, 1.807) is 32.4 Å². The summed E-state index contributed by atoms with van der Waals surface area (Å²) in [5.74, 6) is 1.10. The first kappa shape index (κ1) is 22.8. The number of anilines is 1. The standard InChI is InChI=1S/C21H33N3O5/c1-21(2,3)29-20(26)22-13-16-8-6-7-9-24(16)14-19(25)23-15-10-17(27-4)12-18(11-15)28-5/h10-12,16H,6-9,13-14H2,1-5H3,(H,22,26)(H,23,25). The Bertz CT molecular complexity index is 680. The molecule has 0 aliphatic carbocycles. The molecule has 8 heteroatoms. The topological polar surface area (TPSA) is 89.1 Å². The summed E-state index contributed by atoms with van der Waals surface area (Å²) in [6, 6.07) is 5.34. The van der Waals surface area contributed by atoms with Crippen LogP contribution in [0.4, 0.5) is 10.5 Å². The zero-order chi connectivity index (χ0) is 21.4. The zero-order valence-corrected chi connectivity index (χ0v) is 18.0. The second-order valence-corrected chi connectivity index (χ2v) is 8.15. The van der Waals surface area contributed by atoms with Crippen molar-refractivity contribution >= 4 is 17.7 Å². The molecule has 1 fully saturated rings. The van der Waals surface area contributed by atoms with Crippen molar-refractivity contribution in [3.8, 4) is 11.5 Å². The summed E-state index contributed by atoms with van der Waals surface area (Å²) in [5, 5.41) is 5.73. The zero-order valence-electron chi connectivity index (χ0n) is 18.0. The van der Waals surface area contributed by atoms with Crippen LogP contribution in [0.25, 0.3) is 0 Å². The number of likely N-dealkylation sites (tertiary alicyclic amines) is 1. The van der Waals surface area contributed by atoms with Gasteiger partial charge in [0.15, 0.2) is 0 Å². The molecule has 1 saturated heterocycles. The van der Waals surface area contributed by atoms with Crippen LogP contribution in [0.5, 0.6) is 11.5 Å². The van der Waals surface area contributed by atoms with E-state index in [1.165, 1.54) is 0 Å². The van der Waals surface area contributed by atoms with Gasteiger partial charge in [-0.2, -0.15) is 0 Å². The minimum absolute atomic E-state index is 0.0989. The first-order valence-electron chi connectivity index (χ1n) is 9.94. The van der Waals surface area contributed by atoms with Gasteiger partial charge in [0.05, 0.1) is 20.8 Å². The second-order valence-electron chi connectivity index (χ2n) is 8.15. The number of methoxy groups -OCH3 is 2. The van der Waals surface area contributed by atoms with Gasteiger partial charge in [0.2, 0.25) is 5.91 Å². The number of hydrogen-bond acceptors (Lipinski definition) is 6. The maximum absolute atomic E-state index is 12.6. The predicted octanol–water partition coefficient (Wildman–Crippen LogP) is 3.02. The minimum Gasteiger partial charge on any atom is -0.497 e. The fourth-order valence-corrected chi connectivity index (χ4v) is 3.28. The second kappa shape index (κ2) is 10.3. The van der Waals surface area contributed by atoms with Gasteiger partial charge in [-0.25, -0.2) is 4.79 Å². The van der Waals surface area contributed by atoms with Crippen molar-refractivity contribution in [2.24, 2.45) is 0 Å². The quantitative estimate of drug-likeness (QED) is 0.722. The van der Waals surface area contributed by atoms with Gasteiger partial charge < -0.3 is 24.8 Å². The Balaban J connectivity index is 1.92. The molecule has 0 bridgehead atoms. The maximum Gasteiger partial charge on any atom is 0.407 e. The highest BCUT2D eigenvalue weighted by Crippen LogP contribution is 2.26. The molecule has 1 aromatic rings. The molecule has 1 heterocycles. The number of piperidine rings is 1. The average molecular weight is 408 g/mol. The highest BCUT2D eigenvalue weighted by Gasteiger charge is 2.26. The summed E-state index contributed by atoms with van der Waals surface area (Å²) < 4.78 is 15.8. The van der Waals surface area contributed by atoms with E-state index in [2.05, 4.69) is 15.5 Å². The van der Waals surface area contributed by atoms with Gasteiger partial charge in [-0.3, -0.25) is 9.69 Å². The molecule has 0 radical (unpaired) electrons. The normalized spacial score (nSPS) is 17.3. The van der Waals surface area contributed by atoms with Crippen molar-refractivity contribution in [1.82, 2.24) is 10.2 Å². The molecule has 2 amide bonds. The van der Waals surface area contributed by atoms with E-state index in [4.69, 9.17) is 14.2 Å². The number of hydrogen-bond donors (Lipinski definition) is 2. The van der Waals surface area contributed by atoms with Crippen molar-refractivity contribution in [1.29, 1.82) is 0 Å². The first-order valence-corrected chi connectivity index (χ1v) is 9.94. The van der Waals surface area contributed by atoms with Crippen molar-refractivity contribution in [2.45, 2.75) is 51.7 Å². The fraction of sp³-hybridized carbons (Fsp3) is 0.619. The highest BCUT2D eigenvalue weighted by atomic mass is 16.6. The molecule has 1 aliphatic rings. The third-order valence-corrected chi connectivity index (χ3v) is 4.61. The molecule has 1 atom stereocenters. The van der Waals surface area contributed by atoms with Crippen LogP contribution in [0.2, 0.25) is 0 Å². The van der Waals surface area contributed by atoms with Crippen LogP contribution in [0.1, 0.15) is 40.0 Å². The number of nitrogens with zero attached hydrogens (tertiary/aromatic N) is 1. The minimum atomic E-state index is -0.534. The average Bonchev–Trinajstić information content (AvgIpc) is 2.65. The predicted molar refractivity (Wildman–Crippen MR) is 112 cm³/mol. The number of ether oxygens (including phenoxy) is 3. The molecular formula is C21H33N3O5. The Morgan fingerprint density at radius 3 is 2.34 bits per heavy atom. The Hall–Kier alpha value is -2.48. The molecule has 0 aromatic heterocycles. The number of alkyl carbamates (subject to hydrolysis) is 1. The summed E-state index contributed by atoms with van der Waals surface area (Å²) in [4.78, 5) is 26.6. The molecule has 8 nitrogen and oxygen atoms in total. The SMILES string of the molecule is COc1cc(NC(=O)CN2CCCCC2CNC(=O)OC(C)(C)C)cc(OC)c1. The van der Waals surface area contributed by atoms with E-state index in [9.17, 15) is 9.59 Å². The Labute approximate surface area is 172 Å². The number of rotatable bonds is 7. The fourth-order valence-electron chi connectivity index (χ4n) is 3.28. The van der Waals surface area contributed by atoms with E-state index in [0.717, 1.165) is 25.8 Å². The van der Waals surface area contributed by atoms with E-state index in [0.29, 0.717) is 23.7 Å². The van der Waals surface area contributed by atoms with E-state index >= 15 is 0 Å². The van der Waals surface area contributed by atoms with Crippen LogP contribution in [0.3, 0.4) is 0 Å². The molecule has 1 aromatic carbocycles. The molecule has 0 spiro atoms. The number of benzene rings is 1. The molecule has 2 rings (SSSR count). The Kier molecular flexibility index (Phi) is 8.13. The largest absolute Gasteiger partial charge is 0.497 e. The summed E-state index contributed by atoms with van der Waals surface area (Å²) in [6.07, 6.45) is 2.60. The van der Waals surface area contributed by atoms with Gasteiger partial charge in [0.1, 0.15) is 17.1 Å². The van der Waals surface area contributed by atoms with Crippen LogP contribution in [-0.2, 0) is 9.53 Å². The van der Waals surface area contributed by atoms with Gasteiger partial charge in [-0.15, -0.1) is 0 Å². The highest BCUT2D eigenvalue weighted by molar-refractivity contribution is 5.92. The Morgan fingerprint density at radius 2 is 1.76 bits per heavy atom. The number of carbonyl (C=O) groups is 2. The van der Waals surface area contributed by atoms with Crippen LogP contribution in [0.15, 0.2) is 18.2 Å². The number of amides is 2. The molecule has 1 aliphatic heterocycles. The molecule has 162 valence electrons. The summed E-state index contributed by atoms with van der Waals surface area (Å²) >= 11 is 0. The number of nitrogens with one attached hydrogen (secondary N) is 2. The van der Waals surface area contributed by atoms with Gasteiger partial charge in [-0.1, -0.05) is 6.42 Å². The maximum atomic E-state index is 12.6. The third-order valence-electron chi connectivity index (χ3n) is 4.61. The van der Waals surface area contributed by atoms with E-state index < -0.39 is 11.7 Å². The van der Waals surface area contributed by atoms with Crippen LogP contribution in [-0.4, -0.2) is 62.4 Å². The lowest BCUT2D eigenvalue weighted by atomic mass is 10.0. The lowest BCUT2D eigenvalue weighted by Crippen LogP contribution is -2.49. The summed E-state index contributed by atoms with van der Waals surface area (Å²) in [5.41, 5.74) is 0.0835. The van der Waals surface area contributed by atoms with Gasteiger partial charge in [0.25, 0.3) is 0 Å².